The van der Waals surface area contributed by atoms with Crippen molar-refractivity contribution in [3.05, 3.63) is 40.6 Å². The Labute approximate surface area is 272 Å². The summed E-state index contributed by atoms with van der Waals surface area (Å²) in [4.78, 5) is 87.6. The van der Waals surface area contributed by atoms with E-state index < -0.39 is 71.2 Å². The first-order valence-corrected chi connectivity index (χ1v) is 14.9. The summed E-state index contributed by atoms with van der Waals surface area (Å²) in [6.07, 6.45) is -3.03. The Morgan fingerprint density at radius 2 is 1.73 bits per heavy atom. The Morgan fingerprint density at radius 3 is 2.38 bits per heavy atom. The van der Waals surface area contributed by atoms with Gasteiger partial charge in [0.15, 0.2) is 18.5 Å². The molecule has 3 amide bonds. The van der Waals surface area contributed by atoms with E-state index in [9.17, 15) is 38.9 Å². The number of nitro benzene ring substituents is 1. The van der Waals surface area contributed by atoms with Crippen LogP contribution in [0.3, 0.4) is 0 Å². The van der Waals surface area contributed by atoms with Crippen molar-refractivity contribution in [1.29, 1.82) is 0 Å². The number of non-ortho nitro benzene ring substituents is 1. The lowest BCUT2D eigenvalue weighted by atomic mass is 9.95. The number of carbonyl (C=O) groups excluding carboxylic acids is 6. The Hall–Kier alpha value is -5.30. The standard InChI is InChI=1S/C29H34N6O13/c1-16(36)30-26-28(46-18(3)38)27(45-17(2)37)22(15-33-14-21(31-32-33)19-7-6-8-20(13-19)35(42)43)47-29(26)44-12-5-4-9-25(41)48-34-23(39)10-11-24(34)40/h6-8,13-14,22,26-29H,4-5,9-12,15H2,1-3H3,(H,30,36)/t22?,26-,27-,28?,29+/m0/s1. The Kier molecular flexibility index (Phi) is 11.9. The van der Waals surface area contributed by atoms with Gasteiger partial charge in [0.05, 0.1) is 17.7 Å². The van der Waals surface area contributed by atoms with E-state index >= 15 is 0 Å². The summed E-state index contributed by atoms with van der Waals surface area (Å²) in [5.41, 5.74) is 0.578. The van der Waals surface area contributed by atoms with Crippen molar-refractivity contribution in [3.8, 4) is 11.3 Å². The molecule has 0 spiro atoms. The van der Waals surface area contributed by atoms with E-state index in [4.69, 9.17) is 23.8 Å². The SMILES string of the molecule is CC(=O)N[C@H]1C(OC(C)=O)[C@@H](OC(C)=O)C(Cn2cc(-c3cccc([N+](=O)[O-])c3)nn2)O[C@H]1OCCCCC(=O)ON1C(=O)CCC1=O. The molecule has 2 unspecified atom stereocenters. The largest absolute Gasteiger partial charge is 0.456 e. The number of rotatable bonds is 14. The van der Waals surface area contributed by atoms with Gasteiger partial charge < -0.3 is 29.1 Å². The predicted molar refractivity (Wildman–Crippen MR) is 156 cm³/mol. The van der Waals surface area contributed by atoms with Gasteiger partial charge in [-0.2, -0.15) is 0 Å². The first-order chi connectivity index (χ1) is 22.8. The summed E-state index contributed by atoms with van der Waals surface area (Å²) in [6.45, 7) is 3.37. The fourth-order valence-corrected chi connectivity index (χ4v) is 5.11. The first-order valence-electron chi connectivity index (χ1n) is 14.9. The molecule has 48 heavy (non-hydrogen) atoms. The zero-order valence-corrected chi connectivity index (χ0v) is 26.3. The van der Waals surface area contributed by atoms with Gasteiger partial charge in [-0.3, -0.25) is 34.1 Å². The Morgan fingerprint density at radius 1 is 1.04 bits per heavy atom. The molecule has 4 rings (SSSR count). The van der Waals surface area contributed by atoms with Gasteiger partial charge >= 0.3 is 17.9 Å². The van der Waals surface area contributed by atoms with Gasteiger partial charge in [-0.05, 0) is 12.8 Å². The zero-order chi connectivity index (χ0) is 35.0. The molecule has 2 aliphatic rings. The minimum Gasteiger partial charge on any atom is -0.456 e. The van der Waals surface area contributed by atoms with Gasteiger partial charge in [0.1, 0.15) is 17.8 Å². The summed E-state index contributed by atoms with van der Waals surface area (Å²) < 4.78 is 24.5. The molecular formula is C29H34N6O13. The van der Waals surface area contributed by atoms with Crippen LogP contribution in [0.1, 0.15) is 52.9 Å². The molecule has 5 atom stereocenters. The number of ether oxygens (including phenoxy) is 4. The van der Waals surface area contributed by atoms with Crippen LogP contribution in [-0.4, -0.2) is 97.9 Å². The van der Waals surface area contributed by atoms with Crippen LogP contribution in [0, 0.1) is 10.1 Å². The molecular weight excluding hydrogens is 640 g/mol. The number of esters is 2. The highest BCUT2D eigenvalue weighted by molar-refractivity contribution is 6.01. The van der Waals surface area contributed by atoms with Crippen LogP contribution in [0.5, 0.6) is 0 Å². The zero-order valence-electron chi connectivity index (χ0n) is 26.3. The second-order valence-electron chi connectivity index (χ2n) is 10.9. The lowest BCUT2D eigenvalue weighted by molar-refractivity contribution is -0.384. The minimum atomic E-state index is -1.27. The van der Waals surface area contributed by atoms with Gasteiger partial charge in [0.25, 0.3) is 17.5 Å². The third-order valence-electron chi connectivity index (χ3n) is 7.13. The maximum absolute atomic E-state index is 12.2. The molecule has 3 heterocycles. The number of nitro groups is 1. The Balaban J connectivity index is 1.49. The fourth-order valence-electron chi connectivity index (χ4n) is 5.11. The van der Waals surface area contributed by atoms with Gasteiger partial charge in [-0.1, -0.05) is 17.3 Å². The fraction of sp³-hybridized carbons (Fsp3) is 0.517. The third-order valence-corrected chi connectivity index (χ3v) is 7.13. The highest BCUT2D eigenvalue weighted by atomic mass is 16.7. The van der Waals surface area contributed by atoms with Crippen molar-refractivity contribution < 1.29 is 57.5 Å². The van der Waals surface area contributed by atoms with Crippen LogP contribution in [0.2, 0.25) is 0 Å². The molecule has 0 aliphatic carbocycles. The van der Waals surface area contributed by atoms with E-state index in [1.54, 1.807) is 6.07 Å². The van der Waals surface area contributed by atoms with Crippen LogP contribution in [-0.2, 0) is 59.1 Å². The summed E-state index contributed by atoms with van der Waals surface area (Å²) in [5, 5.41) is 22.5. The first kappa shape index (κ1) is 35.6. The van der Waals surface area contributed by atoms with Crippen molar-refractivity contribution in [2.24, 2.45) is 0 Å². The maximum Gasteiger partial charge on any atom is 0.333 e. The molecule has 19 nitrogen and oxygen atoms in total. The predicted octanol–water partition coefficient (Wildman–Crippen LogP) is 0.740. The number of hydrogen-bond acceptors (Lipinski definition) is 15. The number of imide groups is 1. The number of hydrogen-bond donors (Lipinski definition) is 1. The number of hydroxylamine groups is 2. The quantitative estimate of drug-likeness (QED) is 0.0956. The van der Waals surface area contributed by atoms with Gasteiger partial charge in [0, 0.05) is 64.3 Å². The van der Waals surface area contributed by atoms with E-state index in [1.807, 2.05) is 0 Å². The smallest absolute Gasteiger partial charge is 0.333 e. The van der Waals surface area contributed by atoms with Crippen LogP contribution < -0.4 is 5.32 Å². The second kappa shape index (κ2) is 16.0. The summed E-state index contributed by atoms with van der Waals surface area (Å²) in [6, 6.07) is 4.64. The number of nitrogens with zero attached hydrogens (tertiary/aromatic N) is 5. The van der Waals surface area contributed by atoms with Gasteiger partial charge in [-0.15, -0.1) is 10.2 Å². The number of nitrogens with one attached hydrogen (secondary N) is 1. The molecule has 1 N–H and O–H groups in total. The molecule has 0 saturated carbocycles. The molecule has 1 aromatic carbocycles. The highest BCUT2D eigenvalue weighted by Gasteiger charge is 2.51. The van der Waals surface area contributed by atoms with E-state index in [1.165, 1.54) is 36.0 Å². The lowest BCUT2D eigenvalue weighted by Crippen LogP contribution is -2.66. The van der Waals surface area contributed by atoms with Gasteiger partial charge in [0.2, 0.25) is 5.91 Å². The average molecular weight is 675 g/mol. The maximum atomic E-state index is 12.2. The number of benzene rings is 1. The number of unbranched alkanes of at least 4 members (excludes halogenated alkanes) is 1. The van der Waals surface area contributed by atoms with Crippen molar-refractivity contribution in [2.75, 3.05) is 6.61 Å². The normalized spacial score (nSPS) is 22.2. The van der Waals surface area contributed by atoms with E-state index in [0.717, 1.165) is 13.8 Å². The van der Waals surface area contributed by atoms with E-state index in [-0.39, 0.29) is 50.9 Å². The number of aromatic nitrogens is 3. The van der Waals surface area contributed by atoms with E-state index in [2.05, 4.69) is 15.6 Å². The van der Waals surface area contributed by atoms with Gasteiger partial charge in [-0.25, -0.2) is 9.48 Å². The molecule has 2 aromatic rings. The minimum absolute atomic E-state index is 0.0202. The van der Waals surface area contributed by atoms with Crippen LogP contribution in [0.15, 0.2) is 30.5 Å². The van der Waals surface area contributed by atoms with Crippen molar-refractivity contribution in [2.45, 2.75) is 90.1 Å². The average Bonchev–Trinajstić information content (AvgIpc) is 3.61. The molecule has 258 valence electrons. The van der Waals surface area contributed by atoms with E-state index in [0.29, 0.717) is 16.3 Å². The molecule has 0 radical (unpaired) electrons. The second-order valence-corrected chi connectivity index (χ2v) is 10.9. The third kappa shape index (κ3) is 9.38. The molecule has 2 aliphatic heterocycles. The molecule has 0 bridgehead atoms. The topological polar surface area (TPSA) is 238 Å². The molecule has 19 heteroatoms. The number of carbonyl (C=O) groups is 6. The van der Waals surface area contributed by atoms with Crippen LogP contribution in [0.25, 0.3) is 11.3 Å². The highest BCUT2D eigenvalue weighted by Crippen LogP contribution is 2.29. The van der Waals surface area contributed by atoms with Crippen LogP contribution >= 0.6 is 0 Å². The lowest BCUT2D eigenvalue weighted by Gasteiger charge is -2.45. The van der Waals surface area contributed by atoms with Crippen molar-refractivity contribution in [3.63, 3.8) is 0 Å². The van der Waals surface area contributed by atoms with Crippen molar-refractivity contribution >= 4 is 41.3 Å². The molecule has 2 fully saturated rings. The molecule has 2 saturated heterocycles. The van der Waals surface area contributed by atoms with Crippen LogP contribution in [0.4, 0.5) is 5.69 Å². The Bertz CT molecular complexity index is 1550. The summed E-state index contributed by atoms with van der Waals surface area (Å²) in [5.74, 6) is -3.96. The number of amides is 3. The molecule has 1 aromatic heterocycles. The summed E-state index contributed by atoms with van der Waals surface area (Å²) in [7, 11) is 0. The van der Waals surface area contributed by atoms with Crippen molar-refractivity contribution in [1.82, 2.24) is 25.4 Å². The summed E-state index contributed by atoms with van der Waals surface area (Å²) >= 11 is 0. The monoisotopic (exact) mass is 674 g/mol.